The van der Waals surface area contributed by atoms with Crippen LogP contribution in [0.3, 0.4) is 0 Å². The molecule has 0 atom stereocenters. The van der Waals surface area contributed by atoms with Gasteiger partial charge >= 0.3 is 0 Å². The lowest BCUT2D eigenvalue weighted by molar-refractivity contribution is 0.0948. The molecule has 6 nitrogen and oxygen atoms in total. The van der Waals surface area contributed by atoms with Crippen molar-refractivity contribution in [2.24, 2.45) is 0 Å². The number of amides is 1. The monoisotopic (exact) mass is 349 g/mol. The average Bonchev–Trinajstić information content (AvgIpc) is 2.67. The molecule has 1 aromatic carbocycles. The van der Waals surface area contributed by atoms with Gasteiger partial charge in [-0.1, -0.05) is 6.92 Å². The maximum Gasteiger partial charge on any atom is 0.255 e. The Kier molecular flexibility index (Phi) is 8.01. The Morgan fingerprint density at radius 3 is 2.44 bits per heavy atom. The van der Waals surface area contributed by atoms with Crippen molar-refractivity contribution in [2.45, 2.75) is 19.8 Å². The standard InChI is InChI=1S/C19H31N3O3/c1-4-21-11-13-22(14-12-21)10-6-5-9-20-19(23)17-8-7-16(24-2)15-18(17)25-3/h7-8,15H,4-6,9-14H2,1-3H3,(H,20,23). The van der Waals surface area contributed by atoms with Crippen molar-refractivity contribution in [3.05, 3.63) is 23.8 Å². The van der Waals surface area contributed by atoms with E-state index in [0.29, 0.717) is 23.6 Å². The van der Waals surface area contributed by atoms with E-state index in [1.54, 1.807) is 32.4 Å². The molecule has 0 saturated carbocycles. The largest absolute Gasteiger partial charge is 0.497 e. The molecule has 1 heterocycles. The second kappa shape index (κ2) is 10.3. The van der Waals surface area contributed by atoms with Crippen molar-refractivity contribution < 1.29 is 14.3 Å². The van der Waals surface area contributed by atoms with Gasteiger partial charge in [0, 0.05) is 38.8 Å². The van der Waals surface area contributed by atoms with Crippen LogP contribution in [0.4, 0.5) is 0 Å². The summed E-state index contributed by atoms with van der Waals surface area (Å²) >= 11 is 0. The summed E-state index contributed by atoms with van der Waals surface area (Å²) in [6.07, 6.45) is 2.09. The van der Waals surface area contributed by atoms with E-state index in [9.17, 15) is 4.79 Å². The van der Waals surface area contributed by atoms with Gasteiger partial charge in [0.05, 0.1) is 19.8 Å². The number of piperazine rings is 1. The van der Waals surface area contributed by atoms with Crippen molar-refractivity contribution in [1.82, 2.24) is 15.1 Å². The molecule has 0 radical (unpaired) electrons. The quantitative estimate of drug-likeness (QED) is 0.690. The molecule has 25 heavy (non-hydrogen) atoms. The highest BCUT2D eigenvalue weighted by Crippen LogP contribution is 2.24. The van der Waals surface area contributed by atoms with E-state index in [1.165, 1.54) is 13.1 Å². The van der Waals surface area contributed by atoms with Crippen LogP contribution in [0.1, 0.15) is 30.1 Å². The first-order valence-electron chi connectivity index (χ1n) is 9.12. The van der Waals surface area contributed by atoms with E-state index in [2.05, 4.69) is 22.0 Å². The van der Waals surface area contributed by atoms with Gasteiger partial charge in [0.1, 0.15) is 11.5 Å². The molecule has 1 fully saturated rings. The second-order valence-corrected chi connectivity index (χ2v) is 6.31. The molecular formula is C19H31N3O3. The van der Waals surface area contributed by atoms with E-state index in [-0.39, 0.29) is 5.91 Å². The third-order valence-corrected chi connectivity index (χ3v) is 4.75. The fraction of sp³-hybridized carbons (Fsp3) is 0.632. The predicted octanol–water partition coefficient (Wildman–Crippen LogP) is 1.85. The van der Waals surface area contributed by atoms with Crippen LogP contribution < -0.4 is 14.8 Å². The van der Waals surface area contributed by atoms with Crippen LogP contribution in [-0.2, 0) is 0 Å². The number of ether oxygens (including phenoxy) is 2. The number of carbonyl (C=O) groups excluding carboxylic acids is 1. The zero-order chi connectivity index (χ0) is 18.1. The summed E-state index contributed by atoms with van der Waals surface area (Å²) in [5.74, 6) is 1.11. The van der Waals surface area contributed by atoms with Crippen molar-refractivity contribution in [3.63, 3.8) is 0 Å². The first kappa shape index (κ1) is 19.5. The van der Waals surface area contributed by atoms with E-state index in [1.807, 2.05) is 0 Å². The Bertz CT molecular complexity index is 543. The predicted molar refractivity (Wildman–Crippen MR) is 99.7 cm³/mol. The Morgan fingerprint density at radius 1 is 1.08 bits per heavy atom. The number of methoxy groups -OCH3 is 2. The zero-order valence-corrected chi connectivity index (χ0v) is 15.7. The van der Waals surface area contributed by atoms with Crippen molar-refractivity contribution in [2.75, 3.05) is 60.0 Å². The molecular weight excluding hydrogens is 318 g/mol. The van der Waals surface area contributed by atoms with Gasteiger partial charge in [-0.15, -0.1) is 0 Å². The third kappa shape index (κ3) is 5.90. The van der Waals surface area contributed by atoms with Gasteiger partial charge in [0.25, 0.3) is 5.91 Å². The Hall–Kier alpha value is -1.79. The maximum atomic E-state index is 12.3. The molecule has 0 spiro atoms. The van der Waals surface area contributed by atoms with E-state index in [4.69, 9.17) is 9.47 Å². The van der Waals surface area contributed by atoms with Crippen LogP contribution in [0.25, 0.3) is 0 Å². The fourth-order valence-corrected chi connectivity index (χ4v) is 3.07. The lowest BCUT2D eigenvalue weighted by Crippen LogP contribution is -2.46. The van der Waals surface area contributed by atoms with E-state index < -0.39 is 0 Å². The normalized spacial score (nSPS) is 15.8. The number of hydrogen-bond acceptors (Lipinski definition) is 5. The third-order valence-electron chi connectivity index (χ3n) is 4.75. The van der Waals surface area contributed by atoms with Gasteiger partial charge in [-0.2, -0.15) is 0 Å². The van der Waals surface area contributed by atoms with Gasteiger partial charge in [0.15, 0.2) is 0 Å². The molecule has 1 aliphatic rings. The minimum Gasteiger partial charge on any atom is -0.497 e. The van der Waals surface area contributed by atoms with Crippen LogP contribution in [0.5, 0.6) is 11.5 Å². The zero-order valence-electron chi connectivity index (χ0n) is 15.7. The minimum absolute atomic E-state index is 0.101. The topological polar surface area (TPSA) is 54.0 Å². The molecule has 0 aromatic heterocycles. The minimum atomic E-state index is -0.101. The first-order chi connectivity index (χ1) is 12.2. The summed E-state index contributed by atoms with van der Waals surface area (Å²) in [5.41, 5.74) is 0.541. The van der Waals surface area contributed by atoms with Crippen molar-refractivity contribution in [1.29, 1.82) is 0 Å². The number of unbranched alkanes of at least 4 members (excludes halogenated alkanes) is 1. The summed E-state index contributed by atoms with van der Waals surface area (Å²) in [4.78, 5) is 17.3. The molecule has 0 aliphatic carbocycles. The summed E-state index contributed by atoms with van der Waals surface area (Å²) in [6, 6.07) is 5.23. The highest BCUT2D eigenvalue weighted by atomic mass is 16.5. The van der Waals surface area contributed by atoms with Crippen LogP contribution in [0.2, 0.25) is 0 Å². The number of carbonyl (C=O) groups is 1. The second-order valence-electron chi connectivity index (χ2n) is 6.31. The average molecular weight is 349 g/mol. The summed E-state index contributed by atoms with van der Waals surface area (Å²) in [7, 11) is 3.15. The Labute approximate surface area is 151 Å². The number of hydrogen-bond donors (Lipinski definition) is 1. The molecule has 1 aromatic rings. The Balaban J connectivity index is 1.67. The van der Waals surface area contributed by atoms with Crippen molar-refractivity contribution >= 4 is 5.91 Å². The van der Waals surface area contributed by atoms with Gasteiger partial charge in [-0.05, 0) is 38.1 Å². The van der Waals surface area contributed by atoms with E-state index in [0.717, 1.165) is 39.0 Å². The number of likely N-dealkylation sites (N-methyl/N-ethyl adjacent to an activating group) is 1. The van der Waals surface area contributed by atoms with Gasteiger partial charge in [-0.3, -0.25) is 4.79 Å². The number of nitrogens with zero attached hydrogens (tertiary/aromatic N) is 2. The molecule has 1 amide bonds. The van der Waals surface area contributed by atoms with Gasteiger partial charge in [-0.25, -0.2) is 0 Å². The maximum absolute atomic E-state index is 12.3. The molecule has 140 valence electrons. The number of rotatable bonds is 9. The van der Waals surface area contributed by atoms with E-state index >= 15 is 0 Å². The SMILES string of the molecule is CCN1CCN(CCCCNC(=O)c2ccc(OC)cc2OC)CC1. The van der Waals surface area contributed by atoms with Crippen LogP contribution in [0, 0.1) is 0 Å². The van der Waals surface area contributed by atoms with Crippen LogP contribution in [0.15, 0.2) is 18.2 Å². The molecule has 2 rings (SSSR count). The van der Waals surface area contributed by atoms with Gasteiger partial charge < -0.3 is 24.6 Å². The number of benzene rings is 1. The van der Waals surface area contributed by atoms with Crippen LogP contribution in [-0.4, -0.2) is 75.7 Å². The lowest BCUT2D eigenvalue weighted by atomic mass is 10.1. The summed E-state index contributed by atoms with van der Waals surface area (Å²) in [5, 5.41) is 2.98. The number of nitrogens with one attached hydrogen (secondary N) is 1. The highest BCUT2D eigenvalue weighted by molar-refractivity contribution is 5.97. The van der Waals surface area contributed by atoms with Gasteiger partial charge in [0.2, 0.25) is 0 Å². The van der Waals surface area contributed by atoms with Crippen LogP contribution >= 0.6 is 0 Å². The molecule has 0 bridgehead atoms. The molecule has 0 unspecified atom stereocenters. The molecule has 1 aliphatic heterocycles. The molecule has 1 saturated heterocycles. The smallest absolute Gasteiger partial charge is 0.255 e. The molecule has 1 N–H and O–H groups in total. The summed E-state index contributed by atoms with van der Waals surface area (Å²) in [6.45, 7) is 9.81. The first-order valence-corrected chi connectivity index (χ1v) is 9.12. The molecule has 6 heteroatoms. The van der Waals surface area contributed by atoms with Crippen molar-refractivity contribution in [3.8, 4) is 11.5 Å². The Morgan fingerprint density at radius 2 is 1.80 bits per heavy atom. The highest BCUT2D eigenvalue weighted by Gasteiger charge is 2.15. The summed E-state index contributed by atoms with van der Waals surface area (Å²) < 4.78 is 10.4. The lowest BCUT2D eigenvalue weighted by Gasteiger charge is -2.33. The fourth-order valence-electron chi connectivity index (χ4n) is 3.07.